The van der Waals surface area contributed by atoms with Crippen molar-refractivity contribution in [1.82, 2.24) is 14.6 Å². The molecule has 0 unspecified atom stereocenters. The summed E-state index contributed by atoms with van der Waals surface area (Å²) in [5.74, 6) is -0.366. The topological polar surface area (TPSA) is 73.0 Å². The van der Waals surface area contributed by atoms with E-state index < -0.39 is 33.5 Å². The average Bonchev–Trinajstić information content (AvgIpc) is 3.54. The van der Waals surface area contributed by atoms with Gasteiger partial charge >= 0.3 is 12.4 Å². The fraction of sp³-hybridized carbons (Fsp3) is 0.367. The number of hydrogen-bond acceptors (Lipinski definition) is 5. The van der Waals surface area contributed by atoms with Crippen LogP contribution in [0.4, 0.5) is 37.7 Å². The summed E-state index contributed by atoms with van der Waals surface area (Å²) in [4.78, 5) is 19.1. The predicted octanol–water partition coefficient (Wildman–Crippen LogP) is 6.46. The molecule has 3 aromatic rings. The first-order valence-electron chi connectivity index (χ1n) is 14.0. The van der Waals surface area contributed by atoms with Crippen molar-refractivity contribution in [3.8, 4) is 0 Å². The molecule has 3 aromatic carbocycles. The summed E-state index contributed by atoms with van der Waals surface area (Å²) in [7, 11) is -4.62. The van der Waals surface area contributed by atoms with Gasteiger partial charge in [-0.05, 0) is 93.4 Å². The Hall–Kier alpha value is -3.62. The number of amides is 1. The van der Waals surface area contributed by atoms with Crippen LogP contribution < -0.4 is 9.84 Å². The van der Waals surface area contributed by atoms with Crippen molar-refractivity contribution < 1.29 is 39.6 Å². The Kier molecular flexibility index (Phi) is 8.96. The molecule has 2 aliphatic heterocycles. The van der Waals surface area contributed by atoms with Crippen molar-refractivity contribution >= 4 is 27.3 Å². The normalized spacial score (nSPS) is 17.2. The molecule has 236 valence electrons. The van der Waals surface area contributed by atoms with Gasteiger partial charge < -0.3 is 9.80 Å². The second-order valence-electron chi connectivity index (χ2n) is 10.8. The van der Waals surface area contributed by atoms with Crippen LogP contribution in [-0.4, -0.2) is 56.3 Å². The minimum absolute atomic E-state index is 0.0946. The Bertz CT molecular complexity index is 1540. The van der Waals surface area contributed by atoms with E-state index in [1.165, 1.54) is 18.2 Å². The molecule has 2 fully saturated rings. The summed E-state index contributed by atoms with van der Waals surface area (Å²) in [6, 6.07) is 12.6. The van der Waals surface area contributed by atoms with Gasteiger partial charge in [-0.25, -0.2) is 8.42 Å². The van der Waals surface area contributed by atoms with Crippen molar-refractivity contribution in [3.05, 3.63) is 89.5 Å². The van der Waals surface area contributed by atoms with Crippen LogP contribution in [0.15, 0.2) is 77.7 Å². The van der Waals surface area contributed by atoms with Gasteiger partial charge in [0, 0.05) is 24.7 Å². The Balaban J connectivity index is 1.42. The quantitative estimate of drug-likeness (QED) is 0.237. The number of piperidine rings is 1. The van der Waals surface area contributed by atoms with Gasteiger partial charge in [-0.3, -0.25) is 9.80 Å². The Morgan fingerprint density at radius 2 is 1.27 bits per heavy atom. The van der Waals surface area contributed by atoms with Crippen molar-refractivity contribution in [2.24, 2.45) is 0 Å². The van der Waals surface area contributed by atoms with Crippen molar-refractivity contribution in [3.63, 3.8) is 0 Å². The number of rotatable bonds is 7. The second kappa shape index (κ2) is 12.4. The number of nitrogens with zero attached hydrogens (tertiary/aromatic N) is 3. The maximum atomic E-state index is 13.6. The first kappa shape index (κ1) is 31.8. The van der Waals surface area contributed by atoms with Crippen LogP contribution in [0, 0.1) is 0 Å². The van der Waals surface area contributed by atoms with Crippen molar-refractivity contribution in [1.29, 1.82) is 0 Å². The summed E-state index contributed by atoms with van der Waals surface area (Å²) >= 11 is 0. The van der Waals surface area contributed by atoms with Crippen LogP contribution in [0.1, 0.15) is 47.2 Å². The number of nitrogens with one attached hydrogen (secondary N) is 1. The highest BCUT2D eigenvalue weighted by Gasteiger charge is 2.34. The molecule has 0 aliphatic carbocycles. The molecule has 7 nitrogen and oxygen atoms in total. The number of carbonyl (C=O) groups is 1. The number of alkyl halides is 6. The van der Waals surface area contributed by atoms with E-state index in [2.05, 4.69) is 9.73 Å². The fourth-order valence-corrected chi connectivity index (χ4v) is 6.69. The molecule has 14 heteroatoms. The smallest absolute Gasteiger partial charge is 0.339 e. The molecular formula is C30H30F6N4O3S. The zero-order valence-electron chi connectivity index (χ0n) is 23.4. The lowest BCUT2D eigenvalue weighted by atomic mass is 10.0. The minimum Gasteiger partial charge on any atom is -0.339 e. The molecule has 0 saturated carbocycles. The van der Waals surface area contributed by atoms with Gasteiger partial charge in [0.1, 0.15) is 0 Å². The number of hydrazine groups is 1. The molecule has 0 spiro atoms. The van der Waals surface area contributed by atoms with E-state index in [1.54, 1.807) is 4.90 Å². The van der Waals surface area contributed by atoms with Gasteiger partial charge in [0.05, 0.1) is 27.4 Å². The van der Waals surface area contributed by atoms with E-state index in [0.29, 0.717) is 36.3 Å². The monoisotopic (exact) mass is 640 g/mol. The van der Waals surface area contributed by atoms with Crippen molar-refractivity contribution in [2.45, 2.75) is 49.0 Å². The molecule has 0 radical (unpaired) electrons. The number of anilines is 2. The predicted molar refractivity (Wildman–Crippen MR) is 152 cm³/mol. The molecule has 0 bridgehead atoms. The Morgan fingerprint density at radius 1 is 0.750 bits per heavy atom. The van der Waals surface area contributed by atoms with Crippen LogP contribution in [-0.2, 0) is 22.4 Å². The number of carbonyl (C=O) groups excluding carboxylic acids is 1. The first-order valence-corrected chi connectivity index (χ1v) is 15.5. The second-order valence-corrected chi connectivity index (χ2v) is 12.5. The summed E-state index contributed by atoms with van der Waals surface area (Å²) in [5.41, 5.74) is -2.93. The van der Waals surface area contributed by atoms with Crippen LogP contribution in [0.3, 0.4) is 0 Å². The van der Waals surface area contributed by atoms with Crippen LogP contribution in [0.5, 0.6) is 0 Å². The standard InChI is InChI=1S/C30H30F6N4O3S/c31-29(32,33)22-7-4-9-25(19-22)40(26-10-5-8-23(20-26)30(34,35)36)37-44(42,43)27-11-3-6-21(18-27)28(41)39-16-12-24(13-17-39)38-14-1-2-15-38/h3-11,18-20,24,37H,1-2,12-17H2. The number of hydrogen-bond donors (Lipinski definition) is 1. The SMILES string of the molecule is O=C(c1cccc(S(=O)(=O)NN(c2cccc(C(F)(F)F)c2)c2cccc(C(F)(F)F)c2)c1)N1CCC(N2CCCC2)CC1. The van der Waals surface area contributed by atoms with Crippen LogP contribution in [0.2, 0.25) is 0 Å². The lowest BCUT2D eigenvalue weighted by Crippen LogP contribution is -2.46. The number of sulfonamides is 1. The maximum Gasteiger partial charge on any atom is 0.416 e. The lowest BCUT2D eigenvalue weighted by molar-refractivity contribution is -0.138. The summed E-state index contributed by atoms with van der Waals surface area (Å²) in [5, 5.41) is 0.636. The largest absolute Gasteiger partial charge is 0.416 e. The molecule has 1 amide bonds. The summed E-state index contributed by atoms with van der Waals surface area (Å²) < 4.78 is 108. The summed E-state index contributed by atoms with van der Waals surface area (Å²) in [6.45, 7) is 3.11. The van der Waals surface area contributed by atoms with E-state index in [9.17, 15) is 39.6 Å². The highest BCUT2D eigenvalue weighted by molar-refractivity contribution is 7.89. The highest BCUT2D eigenvalue weighted by Crippen LogP contribution is 2.36. The van der Waals surface area contributed by atoms with E-state index in [4.69, 9.17) is 0 Å². The van der Waals surface area contributed by atoms with E-state index >= 15 is 0 Å². The Morgan fingerprint density at radius 3 is 1.80 bits per heavy atom. The van der Waals surface area contributed by atoms with Gasteiger partial charge in [-0.15, -0.1) is 4.83 Å². The Labute approximate surface area is 251 Å². The van der Waals surface area contributed by atoms with Gasteiger partial charge in [-0.2, -0.15) is 26.3 Å². The van der Waals surface area contributed by atoms with Crippen molar-refractivity contribution in [2.75, 3.05) is 31.2 Å². The van der Waals surface area contributed by atoms with E-state index in [0.717, 1.165) is 81.2 Å². The minimum atomic E-state index is -4.80. The highest BCUT2D eigenvalue weighted by atomic mass is 32.2. The van der Waals surface area contributed by atoms with Gasteiger partial charge in [0.25, 0.3) is 15.9 Å². The molecule has 2 saturated heterocycles. The van der Waals surface area contributed by atoms with Crippen LogP contribution >= 0.6 is 0 Å². The number of likely N-dealkylation sites (tertiary alicyclic amines) is 2. The number of benzene rings is 3. The lowest BCUT2D eigenvalue weighted by Gasteiger charge is -2.36. The third-order valence-corrected chi connectivity index (χ3v) is 9.17. The molecule has 44 heavy (non-hydrogen) atoms. The van der Waals surface area contributed by atoms with Gasteiger partial charge in [0.15, 0.2) is 0 Å². The fourth-order valence-electron chi connectivity index (χ4n) is 5.59. The zero-order valence-corrected chi connectivity index (χ0v) is 24.2. The molecule has 0 atom stereocenters. The van der Waals surface area contributed by atoms with Crippen LogP contribution in [0.25, 0.3) is 0 Å². The third kappa shape index (κ3) is 7.19. The third-order valence-electron chi connectivity index (χ3n) is 7.87. The molecule has 5 rings (SSSR count). The maximum absolute atomic E-state index is 13.6. The zero-order chi connectivity index (χ0) is 31.7. The first-order chi connectivity index (χ1) is 20.7. The number of halogens is 6. The molecule has 0 aromatic heterocycles. The average molecular weight is 641 g/mol. The van der Waals surface area contributed by atoms with E-state index in [-0.39, 0.29) is 27.7 Å². The molecular weight excluding hydrogens is 610 g/mol. The van der Waals surface area contributed by atoms with Gasteiger partial charge in [-0.1, -0.05) is 18.2 Å². The molecule has 1 N–H and O–H groups in total. The van der Waals surface area contributed by atoms with Gasteiger partial charge in [0.2, 0.25) is 0 Å². The molecule has 2 heterocycles. The molecule has 2 aliphatic rings. The van der Waals surface area contributed by atoms with E-state index in [1.807, 2.05) is 0 Å². The summed E-state index contributed by atoms with van der Waals surface area (Å²) in [6.07, 6.45) is -5.68.